The number of aldehydes is 1. The van der Waals surface area contributed by atoms with Crippen LogP contribution in [0.15, 0.2) is 94.9 Å². The Balaban J connectivity index is 1.16. The van der Waals surface area contributed by atoms with E-state index in [4.69, 9.17) is 34.0 Å². The Morgan fingerprint density at radius 2 is 1.08 bits per heavy atom. The Labute approximate surface area is 382 Å². The molecular formula is C46H48Br2N8O7. The molecular weight excluding hydrogens is 936 g/mol. The predicted octanol–water partition coefficient (Wildman–Crippen LogP) is 8.20. The van der Waals surface area contributed by atoms with E-state index < -0.39 is 5.97 Å². The van der Waals surface area contributed by atoms with Crippen molar-refractivity contribution in [3.8, 4) is 34.6 Å². The van der Waals surface area contributed by atoms with Crippen LogP contribution in [-0.2, 0) is 49.1 Å². The summed E-state index contributed by atoms with van der Waals surface area (Å²) < 4.78 is 26.4. The second-order valence-electron chi connectivity index (χ2n) is 14.5. The van der Waals surface area contributed by atoms with Gasteiger partial charge in [0.1, 0.15) is 45.4 Å². The van der Waals surface area contributed by atoms with Crippen molar-refractivity contribution in [2.75, 3.05) is 13.1 Å². The number of carbonyl (C=O) groups is 2. The van der Waals surface area contributed by atoms with Crippen molar-refractivity contribution in [1.29, 1.82) is 0 Å². The molecule has 0 unspecified atom stereocenters. The summed E-state index contributed by atoms with van der Waals surface area (Å²) >= 11 is 7.31. The van der Waals surface area contributed by atoms with Gasteiger partial charge in [-0.15, -0.1) is 0 Å². The molecule has 6 rings (SSSR count). The summed E-state index contributed by atoms with van der Waals surface area (Å²) in [5.74, 6) is 0.729. The maximum Gasteiger partial charge on any atom is 0.303 e. The van der Waals surface area contributed by atoms with Gasteiger partial charge in [0.25, 0.3) is 0 Å². The van der Waals surface area contributed by atoms with Gasteiger partial charge in [0.15, 0.2) is 0 Å². The fraction of sp³-hybridized carbons (Fsp3) is 0.304. The molecule has 0 saturated heterocycles. The summed E-state index contributed by atoms with van der Waals surface area (Å²) in [6.07, 6.45) is 12.4. The van der Waals surface area contributed by atoms with E-state index in [0.29, 0.717) is 71.5 Å². The van der Waals surface area contributed by atoms with Crippen molar-refractivity contribution in [1.82, 2.24) is 40.5 Å². The second-order valence-corrected chi connectivity index (χ2v) is 16.2. The van der Waals surface area contributed by atoms with E-state index in [1.807, 2.05) is 36.4 Å². The Morgan fingerprint density at radius 1 is 0.635 bits per heavy atom. The molecule has 0 aliphatic rings. The second kappa shape index (κ2) is 24.1. The van der Waals surface area contributed by atoms with Gasteiger partial charge < -0.3 is 39.5 Å². The van der Waals surface area contributed by atoms with Gasteiger partial charge in [-0.05, 0) is 117 Å². The molecule has 0 radical (unpaired) electrons. The average molecular weight is 985 g/mol. The molecule has 0 saturated carbocycles. The van der Waals surface area contributed by atoms with E-state index in [1.165, 1.54) is 12.7 Å². The lowest BCUT2D eigenvalue weighted by Crippen LogP contribution is -2.17. The van der Waals surface area contributed by atoms with Crippen LogP contribution in [0.4, 0.5) is 0 Å². The lowest BCUT2D eigenvalue weighted by molar-refractivity contribution is -0.137. The van der Waals surface area contributed by atoms with Crippen LogP contribution in [0, 0.1) is 13.8 Å². The highest BCUT2D eigenvalue weighted by Crippen LogP contribution is 2.35. The van der Waals surface area contributed by atoms with Crippen molar-refractivity contribution >= 4 is 44.1 Å². The fourth-order valence-corrected chi connectivity index (χ4v) is 7.44. The quantitative estimate of drug-likeness (QED) is 0.0367. The van der Waals surface area contributed by atoms with Crippen LogP contribution >= 0.6 is 31.9 Å². The number of benzene rings is 2. The monoisotopic (exact) mass is 982 g/mol. The molecule has 3 N–H and O–H groups in total. The van der Waals surface area contributed by atoms with E-state index >= 15 is 0 Å². The minimum atomic E-state index is -0.831. The first-order chi connectivity index (χ1) is 30.7. The van der Waals surface area contributed by atoms with Crippen molar-refractivity contribution < 1.29 is 33.6 Å². The highest BCUT2D eigenvalue weighted by Gasteiger charge is 2.18. The van der Waals surface area contributed by atoms with Crippen molar-refractivity contribution in [2.24, 2.45) is 0 Å². The number of hydrogen-bond acceptors (Lipinski definition) is 14. The molecule has 0 spiro atoms. The first-order valence-electron chi connectivity index (χ1n) is 20.3. The van der Waals surface area contributed by atoms with Gasteiger partial charge in [0.2, 0.25) is 23.5 Å². The molecule has 15 nitrogen and oxygen atoms in total. The summed E-state index contributed by atoms with van der Waals surface area (Å²) in [5.41, 5.74) is 9.42. The van der Waals surface area contributed by atoms with E-state index in [0.717, 1.165) is 68.3 Å². The Hall–Kier alpha value is -5.88. The number of unbranched alkanes of at least 4 members (excludes halogenated alkanes) is 1. The minimum absolute atomic E-state index is 0.0832. The first kappa shape index (κ1) is 46.6. The molecule has 0 aliphatic carbocycles. The number of rotatable bonds is 25. The maximum absolute atomic E-state index is 11.0. The zero-order chi connectivity index (χ0) is 44.4. The lowest BCUT2D eigenvalue weighted by Gasteiger charge is -2.18. The molecule has 328 valence electrons. The van der Waals surface area contributed by atoms with Gasteiger partial charge in [-0.1, -0.05) is 36.4 Å². The molecule has 4 aromatic heterocycles. The van der Waals surface area contributed by atoms with Crippen molar-refractivity contribution in [3.05, 3.63) is 139 Å². The van der Waals surface area contributed by atoms with Crippen LogP contribution < -0.4 is 29.6 Å². The largest absolute Gasteiger partial charge is 0.481 e. The molecule has 63 heavy (non-hydrogen) atoms. The van der Waals surface area contributed by atoms with Crippen LogP contribution in [0.5, 0.6) is 23.5 Å². The van der Waals surface area contributed by atoms with Gasteiger partial charge in [-0.3, -0.25) is 4.79 Å². The summed E-state index contributed by atoms with van der Waals surface area (Å²) in [6.45, 7) is 7.22. The van der Waals surface area contributed by atoms with Gasteiger partial charge in [-0.2, -0.15) is 9.97 Å². The van der Waals surface area contributed by atoms with Crippen LogP contribution in [0.2, 0.25) is 0 Å². The highest BCUT2D eigenvalue weighted by atomic mass is 79.9. The number of aromatic nitrogens is 6. The molecule has 0 bridgehead atoms. The third-order valence-corrected chi connectivity index (χ3v) is 11.0. The number of carboxylic acids is 1. The molecule has 0 amide bonds. The van der Waals surface area contributed by atoms with Gasteiger partial charge in [0, 0.05) is 73.0 Å². The summed E-state index contributed by atoms with van der Waals surface area (Å²) in [5, 5.41) is 15.6. The Bertz CT molecular complexity index is 2450. The Kier molecular flexibility index (Phi) is 17.8. The average Bonchev–Trinajstić information content (AvgIpc) is 3.29. The number of ether oxygens (including phenoxy) is 4. The first-order valence-corrected chi connectivity index (χ1v) is 21.9. The van der Waals surface area contributed by atoms with Gasteiger partial charge >= 0.3 is 5.97 Å². The summed E-state index contributed by atoms with van der Waals surface area (Å²) in [4.78, 5) is 47.6. The lowest BCUT2D eigenvalue weighted by atomic mass is 9.92. The normalized spacial score (nSPS) is 11.0. The van der Waals surface area contributed by atoms with Crippen LogP contribution in [0.25, 0.3) is 11.1 Å². The third kappa shape index (κ3) is 13.8. The number of nitrogens with one attached hydrogen (secondary N) is 2. The molecule has 0 aliphatic heterocycles. The molecule has 0 fully saturated rings. The van der Waals surface area contributed by atoms with E-state index in [-0.39, 0.29) is 32.8 Å². The van der Waals surface area contributed by atoms with Crippen LogP contribution in [0.3, 0.4) is 0 Å². The number of nitrogens with zero attached hydrogens (tertiary/aromatic N) is 6. The molecule has 4 heterocycles. The maximum atomic E-state index is 11.0. The number of aliphatic carboxylic acids is 1. The van der Waals surface area contributed by atoms with Gasteiger partial charge in [-0.25, -0.2) is 19.9 Å². The van der Waals surface area contributed by atoms with Crippen LogP contribution in [0.1, 0.15) is 70.2 Å². The standard InChI is InChI=1S/C46H48Br2N8O7/c1-30-34(26-62-45-40(47)16-36(22-49-13-3-4-15-57)43(55-45)60-24-32-18-51-28-52-19-32)8-5-10-38(30)39-11-6-9-35(31(39)2)27-63-46-41(48)17-37(23-50-14-7-12-42(58)59)44(56-46)61-25-33-20-53-29-54-21-33/h5-6,8-11,15-21,28-29,49-50H,3-4,7,12-14,22-27H2,1-2H3,(H,58,59). The number of carbonyl (C=O) groups excluding carboxylic acids is 1. The Morgan fingerprint density at radius 3 is 1.52 bits per heavy atom. The van der Waals surface area contributed by atoms with E-state index in [2.05, 4.69) is 88.4 Å². The van der Waals surface area contributed by atoms with E-state index in [9.17, 15) is 9.59 Å². The molecule has 0 atom stereocenters. The van der Waals surface area contributed by atoms with Crippen molar-refractivity contribution in [3.63, 3.8) is 0 Å². The fourth-order valence-electron chi connectivity index (χ4n) is 6.48. The zero-order valence-corrected chi connectivity index (χ0v) is 38.2. The zero-order valence-electron chi connectivity index (χ0n) is 35.0. The summed E-state index contributed by atoms with van der Waals surface area (Å²) in [7, 11) is 0. The minimum Gasteiger partial charge on any atom is -0.481 e. The van der Waals surface area contributed by atoms with Crippen LogP contribution in [-0.4, -0.2) is 60.4 Å². The molecule has 17 heteroatoms. The molecule has 6 aromatic rings. The van der Waals surface area contributed by atoms with E-state index in [1.54, 1.807) is 24.8 Å². The third-order valence-electron chi connectivity index (χ3n) is 9.91. The molecule has 2 aromatic carbocycles. The summed E-state index contributed by atoms with van der Waals surface area (Å²) in [6, 6.07) is 16.2. The highest BCUT2D eigenvalue weighted by molar-refractivity contribution is 9.10. The van der Waals surface area contributed by atoms with Gasteiger partial charge in [0.05, 0.1) is 8.95 Å². The predicted molar refractivity (Wildman–Crippen MR) is 242 cm³/mol. The topological polar surface area (TPSA) is 193 Å². The smallest absolute Gasteiger partial charge is 0.303 e. The number of carboxylic acid groups (broad SMARTS) is 1. The number of pyridine rings is 2. The number of halogens is 2. The SMILES string of the molecule is Cc1c(COc2nc(OCc3cncnc3)c(CNCCCC=O)cc2Br)cccc1-c1cccc(COc2nc(OCc3cncnc3)c(CNCCCC(=O)O)cc2Br)c1C. The number of hydrogen-bond donors (Lipinski definition) is 3. The van der Waals surface area contributed by atoms with Crippen molar-refractivity contribution in [2.45, 2.75) is 79.0 Å².